The second-order valence-electron chi connectivity index (χ2n) is 6.42. The van der Waals surface area contributed by atoms with E-state index >= 15 is 0 Å². The van der Waals surface area contributed by atoms with Crippen LogP contribution in [0.15, 0.2) is 53.8 Å². The monoisotopic (exact) mass is 523 g/mol. The first-order valence-electron chi connectivity index (χ1n) is 9.31. The zero-order valence-electron chi connectivity index (χ0n) is 16.0. The Hall–Kier alpha value is -2.33. The largest absolute Gasteiger partial charge is 0.361 e. The lowest BCUT2D eigenvalue weighted by Gasteiger charge is -2.11. The number of aromatic nitrogens is 4. The Morgan fingerprint density at radius 3 is 2.97 bits per heavy atom. The summed E-state index contributed by atoms with van der Waals surface area (Å²) in [4.78, 5) is 7.93. The third kappa shape index (κ3) is 4.99. The first-order valence-corrected chi connectivity index (χ1v) is 9.68. The van der Waals surface area contributed by atoms with Crippen molar-refractivity contribution in [2.24, 2.45) is 4.99 Å². The van der Waals surface area contributed by atoms with Crippen LogP contribution in [-0.2, 0) is 13.0 Å². The van der Waals surface area contributed by atoms with Crippen LogP contribution in [0.5, 0.6) is 0 Å². The molecule has 0 spiro atoms. The zero-order valence-corrected chi connectivity index (χ0v) is 19.1. The van der Waals surface area contributed by atoms with Gasteiger partial charge in [0.2, 0.25) is 0 Å². The van der Waals surface area contributed by atoms with Crippen LogP contribution in [0.3, 0.4) is 0 Å². The summed E-state index contributed by atoms with van der Waals surface area (Å²) in [5.74, 6) is 1.56. The van der Waals surface area contributed by atoms with Gasteiger partial charge in [0.15, 0.2) is 17.4 Å². The predicted molar refractivity (Wildman–Crippen MR) is 128 cm³/mol. The van der Waals surface area contributed by atoms with Crippen molar-refractivity contribution in [1.29, 1.82) is 0 Å². The molecule has 0 bridgehead atoms. The summed E-state index contributed by atoms with van der Waals surface area (Å²) in [5, 5.41) is 16.9. The summed E-state index contributed by atoms with van der Waals surface area (Å²) in [6.45, 7) is 4.04. The highest BCUT2D eigenvalue weighted by Gasteiger charge is 2.07. The number of aromatic amines is 1. The number of halogens is 2. The summed E-state index contributed by atoms with van der Waals surface area (Å²) in [5.41, 5.74) is 3.15. The van der Waals surface area contributed by atoms with E-state index in [1.54, 1.807) is 0 Å². The van der Waals surface area contributed by atoms with Gasteiger partial charge in [-0.25, -0.2) is 4.99 Å². The number of aliphatic imine (C=N–C) groups is 1. The van der Waals surface area contributed by atoms with Crippen LogP contribution < -0.4 is 10.6 Å². The molecule has 0 atom stereocenters. The van der Waals surface area contributed by atoms with Gasteiger partial charge in [0.25, 0.3) is 0 Å². The Balaban J connectivity index is 0.00000240. The van der Waals surface area contributed by atoms with Crippen molar-refractivity contribution in [2.75, 3.05) is 13.1 Å². The molecular formula is C20H23ClIN7. The van der Waals surface area contributed by atoms with Crippen LogP contribution in [0, 0.1) is 0 Å². The minimum Gasteiger partial charge on any atom is -0.361 e. The zero-order chi connectivity index (χ0) is 19.3. The van der Waals surface area contributed by atoms with Gasteiger partial charge in [-0.3, -0.25) is 4.40 Å². The van der Waals surface area contributed by atoms with Crippen molar-refractivity contribution in [2.45, 2.75) is 19.9 Å². The van der Waals surface area contributed by atoms with E-state index in [1.165, 1.54) is 5.56 Å². The average molecular weight is 524 g/mol. The van der Waals surface area contributed by atoms with Crippen LogP contribution >= 0.6 is 35.6 Å². The average Bonchev–Trinajstić information content (AvgIpc) is 3.30. The van der Waals surface area contributed by atoms with Crippen LogP contribution in [0.2, 0.25) is 5.02 Å². The molecule has 3 aromatic heterocycles. The predicted octanol–water partition coefficient (Wildman–Crippen LogP) is 3.78. The van der Waals surface area contributed by atoms with Crippen LogP contribution in [-0.4, -0.2) is 38.6 Å². The second-order valence-corrected chi connectivity index (χ2v) is 6.86. The van der Waals surface area contributed by atoms with Gasteiger partial charge in [-0.15, -0.1) is 34.2 Å². The molecule has 0 saturated carbocycles. The van der Waals surface area contributed by atoms with Gasteiger partial charge in [-0.1, -0.05) is 17.7 Å². The van der Waals surface area contributed by atoms with Crippen LogP contribution in [0.1, 0.15) is 18.3 Å². The number of rotatable bonds is 6. The maximum Gasteiger partial charge on any atom is 0.191 e. The first kappa shape index (κ1) is 21.4. The van der Waals surface area contributed by atoms with Gasteiger partial charge < -0.3 is 15.6 Å². The number of nitrogens with one attached hydrogen (secondary N) is 3. The van der Waals surface area contributed by atoms with Gasteiger partial charge in [0, 0.05) is 41.4 Å². The molecule has 0 radical (unpaired) electrons. The maximum absolute atomic E-state index is 6.13. The summed E-state index contributed by atoms with van der Waals surface area (Å²) >= 11 is 6.13. The van der Waals surface area contributed by atoms with Crippen LogP contribution in [0.4, 0.5) is 0 Å². The number of pyridine rings is 1. The highest BCUT2D eigenvalue weighted by atomic mass is 127. The SMILES string of the molecule is CCNC(=NCc1nnc2ccccn12)NCCc1c[nH]c2ccc(Cl)cc12.I. The lowest BCUT2D eigenvalue weighted by atomic mass is 10.1. The molecule has 4 rings (SSSR count). The Bertz CT molecular complexity index is 1120. The smallest absolute Gasteiger partial charge is 0.191 e. The fraction of sp³-hybridized carbons (Fsp3) is 0.250. The van der Waals surface area contributed by atoms with E-state index in [2.05, 4.69) is 30.8 Å². The summed E-state index contributed by atoms with van der Waals surface area (Å²) in [7, 11) is 0. The number of hydrogen-bond acceptors (Lipinski definition) is 3. The molecular weight excluding hydrogens is 501 g/mol. The molecule has 0 amide bonds. The molecule has 7 nitrogen and oxygen atoms in total. The number of hydrogen-bond donors (Lipinski definition) is 3. The number of fused-ring (bicyclic) bond motifs is 2. The molecule has 29 heavy (non-hydrogen) atoms. The Morgan fingerprint density at radius 2 is 2.10 bits per heavy atom. The quantitative estimate of drug-likeness (QED) is 0.204. The molecule has 1 aromatic carbocycles. The Kier molecular flexibility index (Phi) is 7.32. The third-order valence-corrected chi connectivity index (χ3v) is 4.76. The summed E-state index contributed by atoms with van der Waals surface area (Å²) in [6.07, 6.45) is 4.84. The number of guanidine groups is 1. The van der Waals surface area contributed by atoms with Gasteiger partial charge in [-0.05, 0) is 49.2 Å². The van der Waals surface area contributed by atoms with E-state index in [0.717, 1.165) is 52.9 Å². The molecule has 3 N–H and O–H groups in total. The van der Waals surface area contributed by atoms with Gasteiger partial charge in [-0.2, -0.15) is 0 Å². The molecule has 0 aliphatic rings. The lowest BCUT2D eigenvalue weighted by molar-refractivity contribution is 0.789. The topological polar surface area (TPSA) is 82.4 Å². The van der Waals surface area contributed by atoms with Crippen molar-refractivity contribution in [3.63, 3.8) is 0 Å². The standard InChI is InChI=1S/C20H22ClN7.HI/c1-2-22-20(25-13-19-27-26-18-5-3-4-10-28(18)19)23-9-8-14-12-24-17-7-6-15(21)11-16(14)17;/h3-7,10-12,24H,2,8-9,13H2,1H3,(H2,22,23,25);1H. The lowest BCUT2D eigenvalue weighted by Crippen LogP contribution is -2.38. The van der Waals surface area contributed by atoms with Crippen molar-refractivity contribution < 1.29 is 0 Å². The molecule has 9 heteroatoms. The van der Waals surface area contributed by atoms with Crippen molar-refractivity contribution >= 4 is 58.1 Å². The van der Waals surface area contributed by atoms with Gasteiger partial charge in [0.1, 0.15) is 6.54 Å². The normalized spacial score (nSPS) is 11.6. The number of nitrogens with zero attached hydrogens (tertiary/aromatic N) is 4. The molecule has 0 unspecified atom stereocenters. The van der Waals surface area contributed by atoms with E-state index in [0.29, 0.717) is 6.54 Å². The number of H-pyrrole nitrogens is 1. The third-order valence-electron chi connectivity index (χ3n) is 4.52. The fourth-order valence-corrected chi connectivity index (χ4v) is 3.34. The number of benzene rings is 1. The van der Waals surface area contributed by atoms with E-state index in [4.69, 9.17) is 11.6 Å². The first-order chi connectivity index (χ1) is 13.7. The molecule has 3 heterocycles. The van der Waals surface area contributed by atoms with E-state index < -0.39 is 0 Å². The minimum absolute atomic E-state index is 0. The highest BCUT2D eigenvalue weighted by molar-refractivity contribution is 14.0. The molecule has 152 valence electrons. The van der Waals surface area contributed by atoms with Crippen molar-refractivity contribution in [3.8, 4) is 0 Å². The summed E-state index contributed by atoms with van der Waals surface area (Å²) < 4.78 is 1.95. The molecule has 0 aliphatic carbocycles. The molecule has 0 aliphatic heterocycles. The minimum atomic E-state index is 0. The highest BCUT2D eigenvalue weighted by Crippen LogP contribution is 2.22. The second kappa shape index (κ2) is 9.93. The van der Waals surface area contributed by atoms with Gasteiger partial charge in [0.05, 0.1) is 0 Å². The maximum atomic E-state index is 6.13. The molecule has 4 aromatic rings. The van der Waals surface area contributed by atoms with Gasteiger partial charge >= 0.3 is 0 Å². The molecule has 0 fully saturated rings. The summed E-state index contributed by atoms with van der Waals surface area (Å²) in [6, 6.07) is 11.7. The van der Waals surface area contributed by atoms with E-state index in [-0.39, 0.29) is 24.0 Å². The Morgan fingerprint density at radius 1 is 1.21 bits per heavy atom. The van der Waals surface area contributed by atoms with Crippen molar-refractivity contribution in [3.05, 3.63) is 65.2 Å². The fourth-order valence-electron chi connectivity index (χ4n) is 3.16. The van der Waals surface area contributed by atoms with E-state index in [1.807, 2.05) is 60.1 Å². The molecule has 0 saturated heterocycles. The Labute approximate surface area is 191 Å². The van der Waals surface area contributed by atoms with Crippen molar-refractivity contribution in [1.82, 2.24) is 30.2 Å². The van der Waals surface area contributed by atoms with E-state index in [9.17, 15) is 0 Å². The van der Waals surface area contributed by atoms with Crippen LogP contribution in [0.25, 0.3) is 16.6 Å².